The molecule has 0 radical (unpaired) electrons. The lowest BCUT2D eigenvalue weighted by molar-refractivity contribution is -0.134. The maximum absolute atomic E-state index is 12.2. The Morgan fingerprint density at radius 1 is 1.11 bits per heavy atom. The molecule has 2 aliphatic rings. The Morgan fingerprint density at radius 3 is 2.32 bits per heavy atom. The molecule has 2 N–H and O–H groups in total. The molecule has 5 nitrogen and oxygen atoms in total. The molecule has 0 bridgehead atoms. The molecule has 1 saturated carbocycles. The second-order valence-corrected chi connectivity index (χ2v) is 5.75. The molecule has 0 unspecified atom stereocenters. The highest BCUT2D eigenvalue weighted by atomic mass is 16.3. The van der Waals surface area contributed by atoms with Gasteiger partial charge in [-0.15, -0.1) is 0 Å². The molecule has 1 saturated heterocycles. The summed E-state index contributed by atoms with van der Waals surface area (Å²) >= 11 is 0. The van der Waals surface area contributed by atoms with Crippen molar-refractivity contribution in [1.29, 1.82) is 0 Å². The number of piperidine rings is 1. The first kappa shape index (κ1) is 14.3. The first-order valence-corrected chi connectivity index (χ1v) is 7.32. The van der Waals surface area contributed by atoms with Gasteiger partial charge in [-0.1, -0.05) is 12.8 Å². The fourth-order valence-corrected chi connectivity index (χ4v) is 3.04. The van der Waals surface area contributed by atoms with E-state index in [9.17, 15) is 14.7 Å². The van der Waals surface area contributed by atoms with Crippen molar-refractivity contribution in [3.8, 4) is 0 Å². The number of nitrogens with zero attached hydrogens (tertiary/aromatic N) is 1. The van der Waals surface area contributed by atoms with Crippen molar-refractivity contribution < 1.29 is 14.7 Å². The van der Waals surface area contributed by atoms with Crippen LogP contribution in [-0.4, -0.2) is 47.1 Å². The second-order valence-electron chi connectivity index (χ2n) is 5.75. The Kier molecular flexibility index (Phi) is 4.80. The van der Waals surface area contributed by atoms with Crippen LogP contribution in [0.15, 0.2) is 0 Å². The standard InChI is InChI=1S/C14H24N2O3/c1-10(17)16-8-6-11(7-9-16)14(19)15-12-4-2-3-5-13(12)18/h11-13,18H,2-9H2,1H3,(H,15,19)/t12-,13-/m0/s1. The lowest BCUT2D eigenvalue weighted by atomic mass is 9.90. The van der Waals surface area contributed by atoms with Crippen molar-refractivity contribution in [2.75, 3.05) is 13.1 Å². The van der Waals surface area contributed by atoms with Gasteiger partial charge >= 0.3 is 0 Å². The number of aliphatic hydroxyl groups is 1. The number of hydrogen-bond donors (Lipinski definition) is 2. The van der Waals surface area contributed by atoms with Gasteiger partial charge in [-0.25, -0.2) is 0 Å². The summed E-state index contributed by atoms with van der Waals surface area (Å²) in [4.78, 5) is 25.2. The van der Waals surface area contributed by atoms with E-state index in [-0.39, 0.29) is 23.8 Å². The molecular formula is C14H24N2O3. The van der Waals surface area contributed by atoms with E-state index in [4.69, 9.17) is 0 Å². The third-order valence-corrected chi connectivity index (χ3v) is 4.37. The number of carbonyl (C=O) groups is 2. The predicted molar refractivity (Wildman–Crippen MR) is 71.4 cm³/mol. The van der Waals surface area contributed by atoms with E-state index < -0.39 is 6.10 Å². The molecule has 2 fully saturated rings. The topological polar surface area (TPSA) is 69.6 Å². The molecule has 0 aromatic heterocycles. The number of carbonyl (C=O) groups excluding carboxylic acids is 2. The van der Waals surface area contributed by atoms with Gasteiger partial charge in [0.05, 0.1) is 12.1 Å². The number of hydrogen-bond acceptors (Lipinski definition) is 3. The number of nitrogens with one attached hydrogen (secondary N) is 1. The Balaban J connectivity index is 1.79. The van der Waals surface area contributed by atoms with Gasteiger partial charge in [0.25, 0.3) is 0 Å². The fourth-order valence-electron chi connectivity index (χ4n) is 3.04. The van der Waals surface area contributed by atoms with Crippen LogP contribution in [0.1, 0.15) is 45.4 Å². The van der Waals surface area contributed by atoms with Crippen molar-refractivity contribution in [3.05, 3.63) is 0 Å². The molecular weight excluding hydrogens is 244 g/mol. The Bertz CT molecular complexity index is 338. The number of likely N-dealkylation sites (tertiary alicyclic amines) is 1. The quantitative estimate of drug-likeness (QED) is 0.773. The lowest BCUT2D eigenvalue weighted by Gasteiger charge is -2.33. The van der Waals surface area contributed by atoms with Crippen molar-refractivity contribution >= 4 is 11.8 Å². The number of amides is 2. The van der Waals surface area contributed by atoms with E-state index in [0.717, 1.165) is 38.5 Å². The average molecular weight is 268 g/mol. The number of rotatable bonds is 2. The SMILES string of the molecule is CC(=O)N1CCC(C(=O)N[C@H]2CCCC[C@@H]2O)CC1. The first-order chi connectivity index (χ1) is 9.08. The van der Waals surface area contributed by atoms with E-state index in [1.807, 2.05) is 0 Å². The van der Waals surface area contributed by atoms with Gasteiger partial charge in [0.2, 0.25) is 11.8 Å². The highest BCUT2D eigenvalue weighted by molar-refractivity contribution is 5.80. The minimum absolute atomic E-state index is 0.00951. The molecule has 2 amide bonds. The van der Waals surface area contributed by atoms with Crippen molar-refractivity contribution in [3.63, 3.8) is 0 Å². The molecule has 108 valence electrons. The highest BCUT2D eigenvalue weighted by Crippen LogP contribution is 2.21. The average Bonchev–Trinajstić information content (AvgIpc) is 2.41. The van der Waals surface area contributed by atoms with Crippen LogP contribution in [0.5, 0.6) is 0 Å². The van der Waals surface area contributed by atoms with Gasteiger partial charge in [0.15, 0.2) is 0 Å². The van der Waals surface area contributed by atoms with E-state index in [2.05, 4.69) is 5.32 Å². The van der Waals surface area contributed by atoms with Crippen LogP contribution in [-0.2, 0) is 9.59 Å². The monoisotopic (exact) mass is 268 g/mol. The normalized spacial score (nSPS) is 29.1. The molecule has 5 heteroatoms. The second kappa shape index (κ2) is 6.37. The maximum Gasteiger partial charge on any atom is 0.223 e. The van der Waals surface area contributed by atoms with Crippen molar-refractivity contribution in [2.24, 2.45) is 5.92 Å². The zero-order valence-electron chi connectivity index (χ0n) is 11.6. The largest absolute Gasteiger partial charge is 0.391 e. The first-order valence-electron chi connectivity index (χ1n) is 7.32. The van der Waals surface area contributed by atoms with Crippen LogP contribution < -0.4 is 5.32 Å². The van der Waals surface area contributed by atoms with Gasteiger partial charge in [-0.3, -0.25) is 9.59 Å². The van der Waals surface area contributed by atoms with E-state index >= 15 is 0 Å². The van der Waals surface area contributed by atoms with E-state index in [1.165, 1.54) is 0 Å². The van der Waals surface area contributed by atoms with Crippen LogP contribution in [0.3, 0.4) is 0 Å². The highest BCUT2D eigenvalue weighted by Gasteiger charge is 2.30. The number of aliphatic hydroxyl groups excluding tert-OH is 1. The summed E-state index contributed by atoms with van der Waals surface area (Å²) in [6.45, 7) is 2.90. The van der Waals surface area contributed by atoms with E-state index in [1.54, 1.807) is 11.8 Å². The smallest absolute Gasteiger partial charge is 0.223 e. The summed E-state index contributed by atoms with van der Waals surface area (Å²) in [7, 11) is 0. The molecule has 2 atom stereocenters. The Morgan fingerprint density at radius 2 is 1.74 bits per heavy atom. The molecule has 0 spiro atoms. The fraction of sp³-hybridized carbons (Fsp3) is 0.857. The van der Waals surface area contributed by atoms with E-state index in [0.29, 0.717) is 13.1 Å². The summed E-state index contributed by atoms with van der Waals surface area (Å²) in [5, 5.41) is 12.9. The molecule has 1 aliphatic heterocycles. The third kappa shape index (κ3) is 3.69. The third-order valence-electron chi connectivity index (χ3n) is 4.37. The zero-order chi connectivity index (χ0) is 13.8. The predicted octanol–water partition coefficient (Wildman–Crippen LogP) is 0.665. The molecule has 0 aromatic carbocycles. The van der Waals surface area contributed by atoms with Gasteiger partial charge in [0, 0.05) is 25.9 Å². The zero-order valence-corrected chi connectivity index (χ0v) is 11.6. The van der Waals surface area contributed by atoms with Crippen molar-refractivity contribution in [1.82, 2.24) is 10.2 Å². The van der Waals surface area contributed by atoms with Gasteiger partial charge in [-0.05, 0) is 25.7 Å². The summed E-state index contributed by atoms with van der Waals surface area (Å²) in [5.74, 6) is 0.125. The van der Waals surface area contributed by atoms with Gasteiger partial charge in [0.1, 0.15) is 0 Å². The summed E-state index contributed by atoms with van der Waals surface area (Å²) in [5.41, 5.74) is 0. The lowest BCUT2D eigenvalue weighted by Crippen LogP contribution is -2.49. The molecule has 0 aromatic rings. The van der Waals surface area contributed by atoms with Crippen LogP contribution in [0, 0.1) is 5.92 Å². The minimum Gasteiger partial charge on any atom is -0.391 e. The summed E-state index contributed by atoms with van der Waals surface area (Å²) in [6.07, 6.45) is 4.85. The van der Waals surface area contributed by atoms with Crippen LogP contribution >= 0.6 is 0 Å². The Labute approximate surface area is 114 Å². The van der Waals surface area contributed by atoms with Crippen LogP contribution in [0.2, 0.25) is 0 Å². The van der Waals surface area contributed by atoms with Crippen LogP contribution in [0.25, 0.3) is 0 Å². The summed E-state index contributed by atoms with van der Waals surface area (Å²) in [6, 6.07) is -0.0768. The van der Waals surface area contributed by atoms with Gasteiger partial charge < -0.3 is 15.3 Å². The maximum atomic E-state index is 12.2. The van der Waals surface area contributed by atoms with Gasteiger partial charge in [-0.2, -0.15) is 0 Å². The molecule has 19 heavy (non-hydrogen) atoms. The summed E-state index contributed by atoms with van der Waals surface area (Å²) < 4.78 is 0. The molecule has 2 rings (SSSR count). The molecule has 1 heterocycles. The van der Waals surface area contributed by atoms with Crippen molar-refractivity contribution in [2.45, 2.75) is 57.6 Å². The Hall–Kier alpha value is -1.10. The molecule has 1 aliphatic carbocycles. The van der Waals surface area contributed by atoms with Crippen LogP contribution in [0.4, 0.5) is 0 Å². The minimum atomic E-state index is -0.394.